The van der Waals surface area contributed by atoms with Crippen molar-refractivity contribution >= 4 is 39.8 Å². The number of anilines is 1. The summed E-state index contributed by atoms with van der Waals surface area (Å²) in [7, 11) is 0. The zero-order chi connectivity index (χ0) is 16.4. The summed E-state index contributed by atoms with van der Waals surface area (Å²) in [6.07, 6.45) is 1.58. The highest BCUT2D eigenvalue weighted by molar-refractivity contribution is 7.16. The van der Waals surface area contributed by atoms with Crippen LogP contribution < -0.4 is 11.1 Å². The molecule has 0 radical (unpaired) electrons. The van der Waals surface area contributed by atoms with E-state index in [0.29, 0.717) is 17.1 Å². The van der Waals surface area contributed by atoms with Gasteiger partial charge in [0.2, 0.25) is 0 Å². The van der Waals surface area contributed by atoms with E-state index in [1.54, 1.807) is 16.9 Å². The van der Waals surface area contributed by atoms with Gasteiger partial charge >= 0.3 is 0 Å². The van der Waals surface area contributed by atoms with Crippen LogP contribution in [0.1, 0.15) is 52.4 Å². The summed E-state index contributed by atoms with van der Waals surface area (Å²) in [4.78, 5) is 24.8. The highest BCUT2D eigenvalue weighted by Gasteiger charge is 2.21. The summed E-state index contributed by atoms with van der Waals surface area (Å²) in [6.45, 7) is 6.50. The third-order valence-corrected chi connectivity index (χ3v) is 4.70. The van der Waals surface area contributed by atoms with Crippen LogP contribution in [0.15, 0.2) is 12.3 Å². The number of aryl methyl sites for hydroxylation is 1. The van der Waals surface area contributed by atoms with Crippen LogP contribution in [-0.2, 0) is 6.54 Å². The number of amides is 2. The van der Waals surface area contributed by atoms with Gasteiger partial charge < -0.3 is 11.1 Å². The topological polar surface area (TPSA) is 90.0 Å². The average molecular weight is 341 g/mol. The zero-order valence-corrected chi connectivity index (χ0v) is 14.1. The molecule has 2 aromatic rings. The predicted octanol–water partition coefficient (Wildman–Crippen LogP) is 3.09. The minimum atomic E-state index is -0.580. The van der Waals surface area contributed by atoms with Gasteiger partial charge in [-0.15, -0.1) is 11.3 Å². The molecule has 0 aromatic carbocycles. The fraction of sp³-hybridized carbons (Fsp3) is 0.357. The Morgan fingerprint density at radius 1 is 1.50 bits per heavy atom. The van der Waals surface area contributed by atoms with Crippen molar-refractivity contribution in [3.05, 3.63) is 33.4 Å². The Balaban J connectivity index is 2.31. The number of carbonyl (C=O) groups is 2. The van der Waals surface area contributed by atoms with E-state index >= 15 is 0 Å². The van der Waals surface area contributed by atoms with Crippen molar-refractivity contribution < 1.29 is 9.59 Å². The molecule has 2 rings (SSSR count). The lowest BCUT2D eigenvalue weighted by atomic mass is 10.1. The zero-order valence-electron chi connectivity index (χ0n) is 12.5. The predicted molar refractivity (Wildman–Crippen MR) is 87.8 cm³/mol. The molecule has 0 saturated heterocycles. The number of nitrogens with zero attached hydrogens (tertiary/aromatic N) is 2. The smallest absolute Gasteiger partial charge is 0.278 e. The van der Waals surface area contributed by atoms with Crippen LogP contribution >= 0.6 is 22.9 Å². The van der Waals surface area contributed by atoms with Gasteiger partial charge in [0, 0.05) is 17.6 Å². The maximum Gasteiger partial charge on any atom is 0.278 e. The molecule has 6 nitrogen and oxygen atoms in total. The van der Waals surface area contributed by atoms with Crippen LogP contribution in [0.3, 0.4) is 0 Å². The van der Waals surface area contributed by atoms with Gasteiger partial charge in [0.15, 0.2) is 5.69 Å². The summed E-state index contributed by atoms with van der Waals surface area (Å²) >= 11 is 7.34. The van der Waals surface area contributed by atoms with Crippen LogP contribution in [0.4, 0.5) is 5.00 Å². The van der Waals surface area contributed by atoms with E-state index in [2.05, 4.69) is 10.4 Å². The second-order valence-electron chi connectivity index (χ2n) is 5.05. The number of rotatable bonds is 5. The summed E-state index contributed by atoms with van der Waals surface area (Å²) in [5.41, 5.74) is 5.79. The molecule has 2 amide bonds. The molecular weight excluding hydrogens is 324 g/mol. The van der Waals surface area contributed by atoms with Crippen molar-refractivity contribution in [3.63, 3.8) is 0 Å². The molecule has 2 aromatic heterocycles. The van der Waals surface area contributed by atoms with Gasteiger partial charge in [-0.05, 0) is 18.9 Å². The first-order valence-corrected chi connectivity index (χ1v) is 8.00. The Morgan fingerprint density at radius 3 is 2.68 bits per heavy atom. The van der Waals surface area contributed by atoms with Gasteiger partial charge in [-0.3, -0.25) is 14.3 Å². The molecule has 22 heavy (non-hydrogen) atoms. The first kappa shape index (κ1) is 16.5. The molecule has 0 bridgehead atoms. The number of aromatic nitrogens is 2. The molecule has 0 fully saturated rings. The van der Waals surface area contributed by atoms with Crippen molar-refractivity contribution in [2.24, 2.45) is 5.73 Å². The van der Waals surface area contributed by atoms with E-state index in [1.807, 2.05) is 20.8 Å². The van der Waals surface area contributed by atoms with E-state index in [1.165, 1.54) is 11.3 Å². The number of thiophene rings is 1. The number of primary amides is 1. The lowest BCUT2D eigenvalue weighted by Crippen LogP contribution is -2.17. The quantitative estimate of drug-likeness (QED) is 0.876. The summed E-state index contributed by atoms with van der Waals surface area (Å²) in [5.74, 6) is -0.808. The summed E-state index contributed by atoms with van der Waals surface area (Å²) in [6, 6.07) is 1.71. The fourth-order valence-corrected chi connectivity index (χ4v) is 3.14. The van der Waals surface area contributed by atoms with Crippen LogP contribution in [0.5, 0.6) is 0 Å². The molecule has 2 heterocycles. The van der Waals surface area contributed by atoms with E-state index in [4.69, 9.17) is 17.3 Å². The van der Waals surface area contributed by atoms with E-state index in [-0.39, 0.29) is 16.6 Å². The van der Waals surface area contributed by atoms with Gasteiger partial charge in [0.25, 0.3) is 11.8 Å². The Kier molecular flexibility index (Phi) is 4.87. The van der Waals surface area contributed by atoms with Gasteiger partial charge in [-0.2, -0.15) is 5.10 Å². The lowest BCUT2D eigenvalue weighted by molar-refractivity contribution is 0.100. The lowest BCUT2D eigenvalue weighted by Gasteiger charge is -2.03. The van der Waals surface area contributed by atoms with Gasteiger partial charge in [0.05, 0.1) is 10.6 Å². The number of hydrogen-bond donors (Lipinski definition) is 2. The first-order valence-electron chi connectivity index (χ1n) is 6.81. The third kappa shape index (κ3) is 3.31. The molecule has 118 valence electrons. The Labute approximate surface area is 137 Å². The van der Waals surface area contributed by atoms with Crippen molar-refractivity contribution in [2.75, 3.05) is 5.32 Å². The SMILES string of the molecule is CCn1cc(Cl)c(C(=O)Nc2sc(C(C)C)cc2C(N)=O)n1. The van der Waals surface area contributed by atoms with Crippen LogP contribution in [0.2, 0.25) is 5.02 Å². The normalized spacial score (nSPS) is 11.0. The molecule has 0 aliphatic rings. The number of carbonyl (C=O) groups excluding carboxylic acids is 2. The largest absolute Gasteiger partial charge is 0.366 e. The molecule has 0 aliphatic heterocycles. The number of nitrogens with one attached hydrogen (secondary N) is 1. The molecule has 0 unspecified atom stereocenters. The minimum Gasteiger partial charge on any atom is -0.366 e. The highest BCUT2D eigenvalue weighted by Crippen LogP contribution is 2.33. The Morgan fingerprint density at radius 2 is 2.18 bits per heavy atom. The van der Waals surface area contributed by atoms with Crippen molar-refractivity contribution in [1.82, 2.24) is 9.78 Å². The highest BCUT2D eigenvalue weighted by atomic mass is 35.5. The van der Waals surface area contributed by atoms with Crippen LogP contribution in [0.25, 0.3) is 0 Å². The van der Waals surface area contributed by atoms with E-state index in [9.17, 15) is 9.59 Å². The average Bonchev–Trinajstić information content (AvgIpc) is 3.02. The standard InChI is InChI=1S/C14H17ClN4O2S/c1-4-19-6-9(15)11(18-19)13(21)17-14-8(12(16)20)5-10(22-14)7(2)3/h5-7H,4H2,1-3H3,(H2,16,20)(H,17,21). The van der Waals surface area contributed by atoms with E-state index < -0.39 is 11.8 Å². The van der Waals surface area contributed by atoms with E-state index in [0.717, 1.165) is 4.88 Å². The van der Waals surface area contributed by atoms with Crippen LogP contribution in [-0.4, -0.2) is 21.6 Å². The molecule has 0 saturated carbocycles. The third-order valence-electron chi connectivity index (χ3n) is 3.07. The van der Waals surface area contributed by atoms with Crippen LogP contribution in [0, 0.1) is 0 Å². The summed E-state index contributed by atoms with van der Waals surface area (Å²) in [5, 5.41) is 7.47. The molecule has 8 heteroatoms. The fourth-order valence-electron chi connectivity index (χ4n) is 1.85. The maximum absolute atomic E-state index is 12.3. The summed E-state index contributed by atoms with van der Waals surface area (Å²) < 4.78 is 1.57. The van der Waals surface area contributed by atoms with Gasteiger partial charge in [-0.25, -0.2) is 0 Å². The van der Waals surface area contributed by atoms with Crippen molar-refractivity contribution in [1.29, 1.82) is 0 Å². The van der Waals surface area contributed by atoms with Crippen molar-refractivity contribution in [2.45, 2.75) is 33.2 Å². The maximum atomic E-state index is 12.3. The minimum absolute atomic E-state index is 0.124. The Hall–Kier alpha value is -1.86. The molecule has 0 spiro atoms. The Bertz CT molecular complexity index is 720. The molecular formula is C14H17ClN4O2S. The second-order valence-corrected chi connectivity index (χ2v) is 6.54. The first-order chi connectivity index (χ1) is 10.3. The number of nitrogens with two attached hydrogens (primary N) is 1. The molecule has 0 aliphatic carbocycles. The van der Waals surface area contributed by atoms with Gasteiger partial charge in [-0.1, -0.05) is 25.4 Å². The second kappa shape index (κ2) is 6.50. The number of hydrogen-bond acceptors (Lipinski definition) is 4. The number of halogens is 1. The monoisotopic (exact) mass is 340 g/mol. The molecule has 0 atom stereocenters. The van der Waals surface area contributed by atoms with Crippen molar-refractivity contribution in [3.8, 4) is 0 Å². The molecule has 3 N–H and O–H groups in total. The van der Waals surface area contributed by atoms with Gasteiger partial charge in [0.1, 0.15) is 5.00 Å².